The number of halogens is 1. The lowest BCUT2D eigenvalue weighted by molar-refractivity contribution is 0.0657. The molecule has 1 aromatic rings. The highest BCUT2D eigenvalue weighted by atomic mass is 127. The fraction of sp³-hybridized carbons (Fsp3) is 0.714. The Morgan fingerprint density at radius 1 is 1.24 bits per heavy atom. The molecule has 29 heavy (non-hydrogen) atoms. The van der Waals surface area contributed by atoms with Crippen LogP contribution < -0.4 is 5.32 Å². The first-order valence-electron chi connectivity index (χ1n) is 10.7. The summed E-state index contributed by atoms with van der Waals surface area (Å²) in [5.74, 6) is 2.06. The summed E-state index contributed by atoms with van der Waals surface area (Å²) >= 11 is 0. The van der Waals surface area contributed by atoms with Crippen LogP contribution in [0.1, 0.15) is 44.2 Å². The first-order valence-corrected chi connectivity index (χ1v) is 10.7. The van der Waals surface area contributed by atoms with Gasteiger partial charge in [0.05, 0.1) is 12.8 Å². The van der Waals surface area contributed by atoms with Crippen LogP contribution in [0.3, 0.4) is 0 Å². The predicted octanol–water partition coefficient (Wildman–Crippen LogP) is 2.74. The highest BCUT2D eigenvalue weighted by Gasteiger charge is 2.27. The van der Waals surface area contributed by atoms with Gasteiger partial charge in [-0.05, 0) is 44.4 Å². The van der Waals surface area contributed by atoms with E-state index in [1.165, 1.54) is 19.4 Å². The van der Waals surface area contributed by atoms with Crippen LogP contribution in [0.25, 0.3) is 0 Å². The number of amides is 1. The van der Waals surface area contributed by atoms with E-state index in [2.05, 4.69) is 35.9 Å². The largest absolute Gasteiger partial charge is 0.459 e. The van der Waals surface area contributed by atoms with Gasteiger partial charge in [0.1, 0.15) is 0 Å². The van der Waals surface area contributed by atoms with Gasteiger partial charge in [0.15, 0.2) is 11.7 Å². The number of hydrogen-bond acceptors (Lipinski definition) is 4. The van der Waals surface area contributed by atoms with Crippen molar-refractivity contribution in [1.82, 2.24) is 20.0 Å². The van der Waals surface area contributed by atoms with Crippen molar-refractivity contribution in [3.05, 3.63) is 24.2 Å². The molecule has 1 amide bonds. The van der Waals surface area contributed by atoms with E-state index in [0.717, 1.165) is 38.7 Å². The minimum Gasteiger partial charge on any atom is -0.459 e. The zero-order chi connectivity index (χ0) is 19.9. The standard InChI is InChI=1S/C21H35N5O2.HI/c1-4-22-21(23-15-18-7-5-9-26(18)16-17(2)3)25-12-10-24(11-13-25)20(27)19-8-6-14-28-19;/h6,8,14,17-18H,4-5,7,9-13,15-16H2,1-3H3,(H,22,23);1H/t18-;/m1./s1. The monoisotopic (exact) mass is 517 g/mol. The Morgan fingerprint density at radius 3 is 2.59 bits per heavy atom. The van der Waals surface area contributed by atoms with Crippen LogP contribution in [0.5, 0.6) is 0 Å². The number of piperazine rings is 1. The van der Waals surface area contributed by atoms with Crippen LogP contribution in [0.2, 0.25) is 0 Å². The van der Waals surface area contributed by atoms with Crippen molar-refractivity contribution in [2.45, 2.75) is 39.7 Å². The molecule has 0 aliphatic carbocycles. The molecule has 2 fully saturated rings. The molecule has 8 heteroatoms. The number of aliphatic imine (C=N–C) groups is 1. The second-order valence-electron chi connectivity index (χ2n) is 8.14. The Kier molecular flexibility index (Phi) is 9.74. The van der Waals surface area contributed by atoms with Gasteiger partial charge < -0.3 is 19.5 Å². The highest BCUT2D eigenvalue weighted by molar-refractivity contribution is 14.0. The highest BCUT2D eigenvalue weighted by Crippen LogP contribution is 2.19. The van der Waals surface area contributed by atoms with Crippen LogP contribution in [-0.2, 0) is 0 Å². The number of furan rings is 1. The van der Waals surface area contributed by atoms with Crippen molar-refractivity contribution >= 4 is 35.8 Å². The lowest BCUT2D eigenvalue weighted by Crippen LogP contribution is -2.54. The van der Waals surface area contributed by atoms with Gasteiger partial charge in [-0.3, -0.25) is 14.7 Å². The Morgan fingerprint density at radius 2 is 1.97 bits per heavy atom. The van der Waals surface area contributed by atoms with E-state index in [-0.39, 0.29) is 29.9 Å². The minimum absolute atomic E-state index is 0. The third-order valence-electron chi connectivity index (χ3n) is 5.48. The molecule has 1 atom stereocenters. The van der Waals surface area contributed by atoms with Gasteiger partial charge in [0.25, 0.3) is 5.91 Å². The Bertz CT molecular complexity index is 642. The molecule has 2 aliphatic heterocycles. The summed E-state index contributed by atoms with van der Waals surface area (Å²) in [6.45, 7) is 13.7. The maximum atomic E-state index is 12.4. The first kappa shape index (κ1) is 24.0. The molecule has 0 unspecified atom stereocenters. The number of carbonyl (C=O) groups excluding carboxylic acids is 1. The van der Waals surface area contributed by atoms with Crippen LogP contribution in [-0.4, -0.2) is 85.0 Å². The Balaban J connectivity index is 0.00000300. The number of nitrogens with zero attached hydrogens (tertiary/aromatic N) is 4. The van der Waals surface area contributed by atoms with Crippen molar-refractivity contribution in [2.24, 2.45) is 10.9 Å². The topological polar surface area (TPSA) is 64.3 Å². The van der Waals surface area contributed by atoms with Gasteiger partial charge >= 0.3 is 0 Å². The average molecular weight is 517 g/mol. The molecule has 2 aliphatic rings. The lowest BCUT2D eigenvalue weighted by Gasteiger charge is -2.36. The summed E-state index contributed by atoms with van der Waals surface area (Å²) in [4.78, 5) is 24.1. The number of likely N-dealkylation sites (tertiary alicyclic amines) is 1. The average Bonchev–Trinajstić information content (AvgIpc) is 3.36. The summed E-state index contributed by atoms with van der Waals surface area (Å²) in [5, 5.41) is 3.44. The van der Waals surface area contributed by atoms with Crippen molar-refractivity contribution in [2.75, 3.05) is 52.4 Å². The Hall–Kier alpha value is -1.29. The van der Waals surface area contributed by atoms with E-state index in [1.54, 1.807) is 18.4 Å². The molecule has 1 N–H and O–H groups in total. The molecule has 3 heterocycles. The van der Waals surface area contributed by atoms with E-state index in [9.17, 15) is 4.79 Å². The predicted molar refractivity (Wildman–Crippen MR) is 127 cm³/mol. The van der Waals surface area contributed by atoms with Crippen LogP contribution in [0, 0.1) is 5.92 Å². The molecular formula is C21H36IN5O2. The molecular weight excluding hydrogens is 481 g/mol. The van der Waals surface area contributed by atoms with Crippen molar-refractivity contribution in [1.29, 1.82) is 0 Å². The summed E-state index contributed by atoms with van der Waals surface area (Å²) in [6.07, 6.45) is 4.06. The van der Waals surface area contributed by atoms with Crippen LogP contribution in [0.15, 0.2) is 27.8 Å². The zero-order valence-electron chi connectivity index (χ0n) is 18.0. The molecule has 164 valence electrons. The summed E-state index contributed by atoms with van der Waals surface area (Å²) in [5.41, 5.74) is 0. The van der Waals surface area contributed by atoms with E-state index in [0.29, 0.717) is 30.8 Å². The number of hydrogen-bond donors (Lipinski definition) is 1. The number of guanidine groups is 1. The van der Waals surface area contributed by atoms with Crippen molar-refractivity contribution in [3.63, 3.8) is 0 Å². The molecule has 2 saturated heterocycles. The summed E-state index contributed by atoms with van der Waals surface area (Å²) in [6, 6.07) is 4.04. The molecule has 1 aromatic heterocycles. The summed E-state index contributed by atoms with van der Waals surface area (Å²) in [7, 11) is 0. The Labute approximate surface area is 191 Å². The smallest absolute Gasteiger partial charge is 0.289 e. The third kappa shape index (κ3) is 6.60. The first-order chi connectivity index (χ1) is 13.6. The van der Waals surface area contributed by atoms with Gasteiger partial charge in [-0.2, -0.15) is 0 Å². The van der Waals surface area contributed by atoms with Gasteiger partial charge in [0.2, 0.25) is 0 Å². The second-order valence-corrected chi connectivity index (χ2v) is 8.14. The van der Waals surface area contributed by atoms with Crippen LogP contribution >= 0.6 is 24.0 Å². The molecule has 7 nitrogen and oxygen atoms in total. The fourth-order valence-electron chi connectivity index (χ4n) is 4.11. The van der Waals surface area contributed by atoms with E-state index in [4.69, 9.17) is 9.41 Å². The second kappa shape index (κ2) is 11.8. The van der Waals surface area contributed by atoms with E-state index < -0.39 is 0 Å². The number of nitrogens with one attached hydrogen (secondary N) is 1. The molecule has 0 saturated carbocycles. The van der Waals surface area contributed by atoms with Gasteiger partial charge in [-0.15, -0.1) is 24.0 Å². The van der Waals surface area contributed by atoms with Crippen molar-refractivity contribution < 1.29 is 9.21 Å². The molecule has 0 radical (unpaired) electrons. The lowest BCUT2D eigenvalue weighted by atomic mass is 10.2. The molecule has 0 aromatic carbocycles. The van der Waals surface area contributed by atoms with Gasteiger partial charge in [-0.1, -0.05) is 13.8 Å². The van der Waals surface area contributed by atoms with Gasteiger partial charge in [0, 0.05) is 45.3 Å². The maximum Gasteiger partial charge on any atom is 0.289 e. The minimum atomic E-state index is -0.0260. The number of rotatable bonds is 6. The zero-order valence-corrected chi connectivity index (χ0v) is 20.3. The molecule has 0 bridgehead atoms. The quantitative estimate of drug-likeness (QED) is 0.357. The van der Waals surface area contributed by atoms with E-state index in [1.807, 2.05) is 4.90 Å². The number of carbonyl (C=O) groups is 1. The maximum absolute atomic E-state index is 12.4. The molecule has 0 spiro atoms. The van der Waals surface area contributed by atoms with Crippen molar-refractivity contribution in [3.8, 4) is 0 Å². The third-order valence-corrected chi connectivity index (χ3v) is 5.48. The summed E-state index contributed by atoms with van der Waals surface area (Å²) < 4.78 is 5.25. The normalized spacial score (nSPS) is 20.8. The SMILES string of the molecule is CCNC(=NC[C@H]1CCCN1CC(C)C)N1CCN(C(=O)c2ccco2)CC1.I. The fourth-order valence-corrected chi connectivity index (χ4v) is 4.11. The van der Waals surface area contributed by atoms with Gasteiger partial charge in [-0.25, -0.2) is 0 Å². The van der Waals surface area contributed by atoms with E-state index >= 15 is 0 Å². The van der Waals surface area contributed by atoms with Crippen LogP contribution in [0.4, 0.5) is 0 Å². The molecule has 3 rings (SSSR count).